The third kappa shape index (κ3) is 7.25. The Morgan fingerprint density at radius 3 is 2.74 bits per heavy atom. The number of piperidine rings is 1. The Balaban J connectivity index is 1.27. The Labute approximate surface area is 206 Å². The van der Waals surface area contributed by atoms with Crippen LogP contribution < -0.4 is 15.4 Å². The van der Waals surface area contributed by atoms with E-state index in [0.29, 0.717) is 38.2 Å². The fourth-order valence-electron chi connectivity index (χ4n) is 4.38. The molecule has 0 aliphatic carbocycles. The van der Waals surface area contributed by atoms with Gasteiger partial charge in [0.15, 0.2) is 0 Å². The van der Waals surface area contributed by atoms with Crippen molar-refractivity contribution in [3.63, 3.8) is 0 Å². The van der Waals surface area contributed by atoms with E-state index in [0.717, 1.165) is 61.8 Å². The SMILES string of the molecule is COc1ccc(Nc2nccc(NCC3CCN(C(C)=O)CC3)n2)cc1COCCN1CC(F)C1. The number of likely N-dealkylation sites (tertiary alicyclic amines) is 2. The quantitative estimate of drug-likeness (QED) is 0.469. The Bertz CT molecular complexity index is 979. The van der Waals surface area contributed by atoms with Crippen molar-refractivity contribution in [2.24, 2.45) is 5.92 Å². The van der Waals surface area contributed by atoms with Crippen LogP contribution in [0, 0.1) is 5.92 Å². The summed E-state index contributed by atoms with van der Waals surface area (Å²) in [7, 11) is 1.63. The Morgan fingerprint density at radius 1 is 1.23 bits per heavy atom. The highest BCUT2D eigenvalue weighted by Gasteiger charge is 2.25. The van der Waals surface area contributed by atoms with Gasteiger partial charge in [-0.3, -0.25) is 9.69 Å². The van der Waals surface area contributed by atoms with Crippen molar-refractivity contribution in [2.45, 2.75) is 32.5 Å². The van der Waals surface area contributed by atoms with Crippen molar-refractivity contribution in [3.05, 3.63) is 36.0 Å². The maximum Gasteiger partial charge on any atom is 0.229 e. The average molecular weight is 487 g/mol. The lowest BCUT2D eigenvalue weighted by Gasteiger charge is -2.33. The van der Waals surface area contributed by atoms with Gasteiger partial charge in [0.2, 0.25) is 11.9 Å². The molecule has 0 spiro atoms. The molecule has 0 saturated carbocycles. The van der Waals surface area contributed by atoms with E-state index in [4.69, 9.17) is 9.47 Å². The predicted octanol–water partition coefficient (Wildman–Crippen LogP) is 3.07. The van der Waals surface area contributed by atoms with Crippen molar-refractivity contribution in [3.8, 4) is 5.75 Å². The van der Waals surface area contributed by atoms with Gasteiger partial charge in [0.25, 0.3) is 0 Å². The van der Waals surface area contributed by atoms with E-state index in [1.54, 1.807) is 20.2 Å². The number of benzene rings is 1. The summed E-state index contributed by atoms with van der Waals surface area (Å²) >= 11 is 0. The number of ether oxygens (including phenoxy) is 2. The summed E-state index contributed by atoms with van der Waals surface area (Å²) in [5.74, 6) is 2.67. The normalized spacial score (nSPS) is 17.2. The molecule has 0 radical (unpaired) electrons. The van der Waals surface area contributed by atoms with Crippen LogP contribution in [0.2, 0.25) is 0 Å². The van der Waals surface area contributed by atoms with Crippen molar-refractivity contribution in [2.75, 3.05) is 63.6 Å². The lowest BCUT2D eigenvalue weighted by atomic mass is 9.97. The van der Waals surface area contributed by atoms with E-state index in [1.165, 1.54) is 0 Å². The summed E-state index contributed by atoms with van der Waals surface area (Å²) in [6.07, 6.45) is 3.02. The van der Waals surface area contributed by atoms with Crippen LogP contribution in [0.4, 0.5) is 21.8 Å². The third-order valence-electron chi connectivity index (χ3n) is 6.55. The Hall–Kier alpha value is -2.98. The van der Waals surface area contributed by atoms with Crippen molar-refractivity contribution < 1.29 is 18.7 Å². The molecule has 2 N–H and O–H groups in total. The number of carbonyl (C=O) groups excluding carboxylic acids is 1. The highest BCUT2D eigenvalue weighted by molar-refractivity contribution is 5.73. The molecule has 2 aliphatic heterocycles. The maximum absolute atomic E-state index is 12.9. The van der Waals surface area contributed by atoms with E-state index in [9.17, 15) is 9.18 Å². The molecule has 0 atom stereocenters. The van der Waals surface area contributed by atoms with E-state index in [1.807, 2.05) is 34.1 Å². The van der Waals surface area contributed by atoms with Crippen molar-refractivity contribution >= 4 is 23.4 Å². The summed E-state index contributed by atoms with van der Waals surface area (Å²) in [5.41, 5.74) is 1.75. The lowest BCUT2D eigenvalue weighted by Crippen LogP contribution is -2.49. The molecule has 1 amide bonds. The number of aromatic nitrogens is 2. The van der Waals surface area contributed by atoms with Gasteiger partial charge in [-0.05, 0) is 43.0 Å². The molecule has 35 heavy (non-hydrogen) atoms. The van der Waals surface area contributed by atoms with Crippen molar-refractivity contribution in [1.82, 2.24) is 19.8 Å². The van der Waals surface area contributed by atoms with Gasteiger partial charge in [0.05, 0.1) is 20.3 Å². The van der Waals surface area contributed by atoms with Crippen molar-refractivity contribution in [1.29, 1.82) is 0 Å². The summed E-state index contributed by atoms with van der Waals surface area (Å²) in [6, 6.07) is 7.62. The fraction of sp³-hybridized carbons (Fsp3) is 0.560. The monoisotopic (exact) mass is 486 g/mol. The molecule has 2 saturated heterocycles. The van der Waals surface area contributed by atoms with Crippen LogP contribution in [-0.2, 0) is 16.1 Å². The molecule has 2 aromatic rings. The number of halogens is 1. The molecule has 0 bridgehead atoms. The second-order valence-electron chi connectivity index (χ2n) is 9.16. The van der Waals surface area contributed by atoms with Gasteiger partial charge in [0, 0.05) is 63.6 Å². The molecule has 9 nitrogen and oxygen atoms in total. The number of methoxy groups -OCH3 is 1. The lowest BCUT2D eigenvalue weighted by molar-refractivity contribution is -0.130. The number of alkyl halides is 1. The van der Waals surface area contributed by atoms with Gasteiger partial charge in [-0.25, -0.2) is 9.37 Å². The van der Waals surface area contributed by atoms with E-state index in [-0.39, 0.29) is 5.91 Å². The number of nitrogens with one attached hydrogen (secondary N) is 2. The number of anilines is 3. The molecule has 1 aromatic heterocycles. The van der Waals surface area contributed by atoms with Gasteiger partial charge in [-0.2, -0.15) is 4.98 Å². The number of carbonyl (C=O) groups is 1. The van der Waals surface area contributed by atoms with E-state index in [2.05, 4.69) is 20.6 Å². The molecule has 4 rings (SSSR count). The van der Waals surface area contributed by atoms with Crippen LogP contribution in [0.5, 0.6) is 5.75 Å². The molecule has 10 heteroatoms. The fourth-order valence-corrected chi connectivity index (χ4v) is 4.38. The van der Waals surface area contributed by atoms with Crippen LogP contribution in [0.25, 0.3) is 0 Å². The smallest absolute Gasteiger partial charge is 0.229 e. The zero-order chi connectivity index (χ0) is 24.6. The summed E-state index contributed by atoms with van der Waals surface area (Å²) in [5, 5.41) is 6.66. The Morgan fingerprint density at radius 2 is 2.03 bits per heavy atom. The van der Waals surface area contributed by atoms with Crippen LogP contribution >= 0.6 is 0 Å². The number of nitrogens with zero attached hydrogens (tertiary/aromatic N) is 4. The predicted molar refractivity (Wildman–Crippen MR) is 133 cm³/mol. The minimum atomic E-state index is -0.695. The number of hydrogen-bond acceptors (Lipinski definition) is 8. The average Bonchev–Trinajstić information content (AvgIpc) is 2.84. The summed E-state index contributed by atoms with van der Waals surface area (Å²) in [6.45, 7) is 6.74. The summed E-state index contributed by atoms with van der Waals surface area (Å²) in [4.78, 5) is 24.4. The number of hydrogen-bond donors (Lipinski definition) is 2. The highest BCUT2D eigenvalue weighted by Crippen LogP contribution is 2.25. The highest BCUT2D eigenvalue weighted by atomic mass is 19.1. The largest absolute Gasteiger partial charge is 0.496 e. The van der Waals surface area contributed by atoms with Crippen LogP contribution in [-0.4, -0.2) is 84.8 Å². The minimum absolute atomic E-state index is 0.152. The molecule has 0 unspecified atom stereocenters. The van der Waals surface area contributed by atoms with Crippen LogP contribution in [0.3, 0.4) is 0 Å². The zero-order valence-electron chi connectivity index (χ0n) is 20.5. The first-order valence-corrected chi connectivity index (χ1v) is 12.2. The molecule has 190 valence electrons. The van der Waals surface area contributed by atoms with E-state index >= 15 is 0 Å². The zero-order valence-corrected chi connectivity index (χ0v) is 20.5. The van der Waals surface area contributed by atoms with Gasteiger partial charge in [0.1, 0.15) is 17.7 Å². The standard InChI is InChI=1S/C25H35FN6O3/c1-18(33)32-9-6-19(7-10-32)14-28-24-5-8-27-25(30-24)29-22-3-4-23(34-2)20(13-22)17-35-12-11-31-15-21(26)16-31/h3-5,8,13,19,21H,6-7,9-12,14-17H2,1-2H3,(H2,27,28,29,30). The third-order valence-corrected chi connectivity index (χ3v) is 6.55. The number of amides is 1. The van der Waals surface area contributed by atoms with Crippen LogP contribution in [0.15, 0.2) is 30.5 Å². The molecular weight excluding hydrogens is 451 g/mol. The Kier molecular flexibility index (Phi) is 8.70. The van der Waals surface area contributed by atoms with Gasteiger partial charge < -0.3 is 25.0 Å². The second kappa shape index (κ2) is 12.1. The first-order chi connectivity index (χ1) is 17.0. The molecule has 3 heterocycles. The van der Waals surface area contributed by atoms with Gasteiger partial charge >= 0.3 is 0 Å². The first kappa shape index (κ1) is 25.1. The van der Waals surface area contributed by atoms with Crippen LogP contribution in [0.1, 0.15) is 25.3 Å². The number of rotatable bonds is 11. The second-order valence-corrected chi connectivity index (χ2v) is 9.16. The van der Waals surface area contributed by atoms with E-state index < -0.39 is 6.17 Å². The summed E-state index contributed by atoms with van der Waals surface area (Å²) < 4.78 is 24.2. The first-order valence-electron chi connectivity index (χ1n) is 12.2. The van der Waals surface area contributed by atoms with Gasteiger partial charge in [-0.1, -0.05) is 0 Å². The molecule has 2 aliphatic rings. The minimum Gasteiger partial charge on any atom is -0.496 e. The van der Waals surface area contributed by atoms with Gasteiger partial charge in [-0.15, -0.1) is 0 Å². The maximum atomic E-state index is 12.9. The molecule has 2 fully saturated rings. The molecule has 1 aromatic carbocycles. The topological polar surface area (TPSA) is 91.9 Å². The molecular formula is C25H35FN6O3.